The Kier molecular flexibility index (Phi) is 3.19. The molecule has 2 aromatic rings. The summed E-state index contributed by atoms with van der Waals surface area (Å²) in [4.78, 5) is 15.4. The number of hydrogen-bond acceptors (Lipinski definition) is 5. The van der Waals surface area contributed by atoms with Crippen LogP contribution in [0.25, 0.3) is 11.0 Å². The topological polar surface area (TPSA) is 82.8 Å². The molecule has 0 atom stereocenters. The molecule has 7 heteroatoms. The van der Waals surface area contributed by atoms with Gasteiger partial charge in [0.15, 0.2) is 11.5 Å². The lowest BCUT2D eigenvalue weighted by molar-refractivity contribution is -0.137. The fourth-order valence-electron chi connectivity index (χ4n) is 2.26. The zero-order valence-corrected chi connectivity index (χ0v) is 11.0. The van der Waals surface area contributed by atoms with Crippen molar-refractivity contribution in [3.05, 3.63) is 18.0 Å². The number of carboxylic acid groups (broad SMARTS) is 1. The van der Waals surface area contributed by atoms with Gasteiger partial charge in [-0.05, 0) is 0 Å². The standard InChI is InChI=1S/C13H14N2O5/c1-18-7-12-14-8-4-10-11(20-3-2-19-10)5-9(8)15(12)6-13(16)17/h4-5H,2-3,6-7H2,1H3,(H,16,17). The van der Waals surface area contributed by atoms with Gasteiger partial charge in [0.25, 0.3) is 0 Å². The summed E-state index contributed by atoms with van der Waals surface area (Å²) in [5, 5.41) is 9.03. The first-order valence-corrected chi connectivity index (χ1v) is 6.18. The van der Waals surface area contributed by atoms with Gasteiger partial charge in [0.2, 0.25) is 0 Å². The molecule has 20 heavy (non-hydrogen) atoms. The van der Waals surface area contributed by atoms with Gasteiger partial charge in [0.1, 0.15) is 32.2 Å². The zero-order valence-electron chi connectivity index (χ0n) is 11.0. The van der Waals surface area contributed by atoms with Crippen molar-refractivity contribution in [3.8, 4) is 11.5 Å². The average Bonchev–Trinajstić information content (AvgIpc) is 2.74. The summed E-state index contributed by atoms with van der Waals surface area (Å²) in [6.07, 6.45) is 0. The second-order valence-electron chi connectivity index (χ2n) is 4.43. The summed E-state index contributed by atoms with van der Waals surface area (Å²) in [5.74, 6) is 0.871. The van der Waals surface area contributed by atoms with Crippen LogP contribution >= 0.6 is 0 Å². The Morgan fingerprint density at radius 1 is 1.40 bits per heavy atom. The van der Waals surface area contributed by atoms with E-state index in [2.05, 4.69) is 4.98 Å². The molecular formula is C13H14N2O5. The molecule has 7 nitrogen and oxygen atoms in total. The van der Waals surface area contributed by atoms with Gasteiger partial charge in [-0.1, -0.05) is 0 Å². The van der Waals surface area contributed by atoms with Crippen LogP contribution in [0.5, 0.6) is 11.5 Å². The van der Waals surface area contributed by atoms with Crippen molar-refractivity contribution < 1.29 is 24.1 Å². The molecule has 1 aliphatic rings. The lowest BCUT2D eigenvalue weighted by atomic mass is 10.2. The number of nitrogens with zero attached hydrogens (tertiary/aromatic N) is 2. The van der Waals surface area contributed by atoms with Gasteiger partial charge in [-0.25, -0.2) is 4.98 Å². The van der Waals surface area contributed by atoms with E-state index in [0.717, 1.165) is 0 Å². The minimum Gasteiger partial charge on any atom is -0.486 e. The van der Waals surface area contributed by atoms with Crippen LogP contribution in [0, 0.1) is 0 Å². The van der Waals surface area contributed by atoms with Crippen molar-refractivity contribution in [2.75, 3.05) is 20.3 Å². The summed E-state index contributed by atoms with van der Waals surface area (Å²) in [6, 6.07) is 3.53. The van der Waals surface area contributed by atoms with Gasteiger partial charge in [0.05, 0.1) is 11.0 Å². The van der Waals surface area contributed by atoms with E-state index in [4.69, 9.17) is 19.3 Å². The predicted molar refractivity (Wildman–Crippen MR) is 69.1 cm³/mol. The quantitative estimate of drug-likeness (QED) is 0.899. The van der Waals surface area contributed by atoms with E-state index in [1.54, 1.807) is 23.8 Å². The third-order valence-electron chi connectivity index (χ3n) is 3.06. The highest BCUT2D eigenvalue weighted by atomic mass is 16.6. The average molecular weight is 278 g/mol. The Hall–Kier alpha value is -2.28. The first kappa shape index (κ1) is 12.7. The maximum atomic E-state index is 11.0. The molecule has 0 saturated carbocycles. The first-order chi connectivity index (χ1) is 9.69. The van der Waals surface area contributed by atoms with Crippen LogP contribution in [0.4, 0.5) is 0 Å². The fraction of sp³-hybridized carbons (Fsp3) is 0.385. The number of rotatable bonds is 4. The number of fused-ring (bicyclic) bond motifs is 2. The molecule has 0 bridgehead atoms. The number of imidazole rings is 1. The van der Waals surface area contributed by atoms with E-state index in [0.29, 0.717) is 41.6 Å². The van der Waals surface area contributed by atoms with Crippen LogP contribution in [-0.4, -0.2) is 41.0 Å². The first-order valence-electron chi connectivity index (χ1n) is 6.18. The van der Waals surface area contributed by atoms with Crippen LogP contribution in [0.3, 0.4) is 0 Å². The third-order valence-corrected chi connectivity index (χ3v) is 3.06. The molecule has 0 fully saturated rings. The molecule has 1 aliphatic heterocycles. The molecule has 1 N–H and O–H groups in total. The highest BCUT2D eigenvalue weighted by Crippen LogP contribution is 2.34. The number of carboxylic acids is 1. The van der Waals surface area contributed by atoms with Gasteiger partial charge in [-0.2, -0.15) is 0 Å². The maximum Gasteiger partial charge on any atom is 0.323 e. The summed E-state index contributed by atoms with van der Waals surface area (Å²) in [7, 11) is 1.54. The lowest BCUT2D eigenvalue weighted by Crippen LogP contribution is -2.15. The van der Waals surface area contributed by atoms with Crippen molar-refractivity contribution in [1.82, 2.24) is 9.55 Å². The Morgan fingerprint density at radius 3 is 2.75 bits per heavy atom. The number of aromatic nitrogens is 2. The summed E-state index contributed by atoms with van der Waals surface area (Å²) in [6.45, 7) is 1.05. The number of methoxy groups -OCH3 is 1. The van der Waals surface area contributed by atoms with E-state index in [9.17, 15) is 4.79 Å². The molecular weight excluding hydrogens is 264 g/mol. The zero-order chi connectivity index (χ0) is 14.1. The van der Waals surface area contributed by atoms with Gasteiger partial charge < -0.3 is 23.9 Å². The van der Waals surface area contributed by atoms with Crippen molar-refractivity contribution >= 4 is 17.0 Å². The number of benzene rings is 1. The molecule has 0 unspecified atom stereocenters. The Balaban J connectivity index is 2.15. The molecule has 106 valence electrons. The SMILES string of the molecule is COCc1nc2cc3c(cc2n1CC(=O)O)OCCO3. The normalized spacial score (nSPS) is 13.7. The molecule has 2 heterocycles. The second-order valence-corrected chi connectivity index (χ2v) is 4.43. The summed E-state index contributed by atoms with van der Waals surface area (Å²) in [5.41, 5.74) is 1.37. The van der Waals surface area contributed by atoms with Gasteiger partial charge in [-0.15, -0.1) is 0 Å². The van der Waals surface area contributed by atoms with E-state index < -0.39 is 5.97 Å². The van der Waals surface area contributed by atoms with Crippen molar-refractivity contribution in [2.24, 2.45) is 0 Å². The van der Waals surface area contributed by atoms with Crippen molar-refractivity contribution in [3.63, 3.8) is 0 Å². The Morgan fingerprint density at radius 2 is 2.10 bits per heavy atom. The van der Waals surface area contributed by atoms with Crippen LogP contribution in [0.2, 0.25) is 0 Å². The second kappa shape index (κ2) is 5.01. The van der Waals surface area contributed by atoms with Crippen LogP contribution in [0.1, 0.15) is 5.82 Å². The predicted octanol–water partition coefficient (Wildman–Crippen LogP) is 1.04. The van der Waals surface area contributed by atoms with Crippen LogP contribution < -0.4 is 9.47 Å². The largest absolute Gasteiger partial charge is 0.486 e. The van der Waals surface area contributed by atoms with Crippen molar-refractivity contribution in [2.45, 2.75) is 13.2 Å². The number of hydrogen-bond donors (Lipinski definition) is 1. The van der Waals surface area contributed by atoms with Crippen LogP contribution in [-0.2, 0) is 22.7 Å². The minimum atomic E-state index is -0.934. The third kappa shape index (κ3) is 2.16. The summed E-state index contributed by atoms with van der Waals surface area (Å²) < 4.78 is 17.7. The van der Waals surface area contributed by atoms with Crippen molar-refractivity contribution in [1.29, 1.82) is 0 Å². The number of ether oxygens (including phenoxy) is 3. The Bertz CT molecular complexity index is 664. The molecule has 0 aliphatic carbocycles. The summed E-state index contributed by atoms with van der Waals surface area (Å²) >= 11 is 0. The monoisotopic (exact) mass is 278 g/mol. The molecule has 3 rings (SSSR count). The molecule has 0 spiro atoms. The minimum absolute atomic E-state index is 0.172. The number of carbonyl (C=O) groups is 1. The van der Waals surface area contributed by atoms with Gasteiger partial charge in [-0.3, -0.25) is 4.79 Å². The Labute approximate surface area is 114 Å². The molecule has 0 saturated heterocycles. The highest BCUT2D eigenvalue weighted by Gasteiger charge is 2.19. The van der Waals surface area contributed by atoms with E-state index in [1.807, 2.05) is 0 Å². The van der Waals surface area contributed by atoms with Crippen LogP contribution in [0.15, 0.2) is 12.1 Å². The number of aliphatic carboxylic acids is 1. The lowest BCUT2D eigenvalue weighted by Gasteiger charge is -2.18. The highest BCUT2D eigenvalue weighted by molar-refractivity contribution is 5.82. The smallest absolute Gasteiger partial charge is 0.323 e. The maximum absolute atomic E-state index is 11.0. The van der Waals surface area contributed by atoms with E-state index >= 15 is 0 Å². The fourth-order valence-corrected chi connectivity index (χ4v) is 2.26. The van der Waals surface area contributed by atoms with E-state index in [-0.39, 0.29) is 13.2 Å². The molecule has 1 aromatic heterocycles. The molecule has 0 amide bonds. The molecule has 0 radical (unpaired) electrons. The van der Waals surface area contributed by atoms with Gasteiger partial charge >= 0.3 is 5.97 Å². The van der Waals surface area contributed by atoms with Gasteiger partial charge in [0, 0.05) is 19.2 Å². The molecule has 1 aromatic carbocycles. The van der Waals surface area contributed by atoms with E-state index in [1.165, 1.54) is 0 Å².